The van der Waals surface area contributed by atoms with Gasteiger partial charge in [-0.2, -0.15) is 0 Å². The van der Waals surface area contributed by atoms with Crippen LogP contribution in [0.1, 0.15) is 31.4 Å². The number of esters is 1. The van der Waals surface area contributed by atoms with Gasteiger partial charge in [-0.15, -0.1) is 0 Å². The number of aliphatic hydroxyl groups is 1. The van der Waals surface area contributed by atoms with Crippen molar-refractivity contribution in [1.29, 1.82) is 0 Å². The zero-order valence-electron chi connectivity index (χ0n) is 9.15. The maximum Gasteiger partial charge on any atom is 0.308 e. The first-order chi connectivity index (χ1) is 7.63. The average molecular weight is 287 g/mol. The smallest absolute Gasteiger partial charge is 0.308 e. The van der Waals surface area contributed by atoms with Crippen LogP contribution in [0.3, 0.4) is 0 Å². The molecule has 0 amide bonds. The molecule has 1 atom stereocenters. The number of aliphatic hydroxyl groups excluding tert-OH is 1. The van der Waals surface area contributed by atoms with E-state index in [4.69, 9.17) is 4.74 Å². The highest BCUT2D eigenvalue weighted by molar-refractivity contribution is 9.10. The molecule has 3 nitrogen and oxygen atoms in total. The zero-order valence-corrected chi connectivity index (χ0v) is 10.7. The van der Waals surface area contributed by atoms with Crippen LogP contribution in [0, 0.1) is 0 Å². The Morgan fingerprint density at radius 2 is 2.31 bits per heavy atom. The van der Waals surface area contributed by atoms with E-state index in [0.29, 0.717) is 12.2 Å². The van der Waals surface area contributed by atoms with Crippen molar-refractivity contribution in [3.8, 4) is 0 Å². The molecule has 16 heavy (non-hydrogen) atoms. The Labute approximate surface area is 104 Å². The zero-order chi connectivity index (χ0) is 12.0. The number of carbonyl (C=O) groups excluding carboxylic acids is 1. The van der Waals surface area contributed by atoms with Gasteiger partial charge < -0.3 is 9.84 Å². The lowest BCUT2D eigenvalue weighted by atomic mass is 10.1. The number of ether oxygens (including phenoxy) is 1. The van der Waals surface area contributed by atoms with Crippen LogP contribution in [0.25, 0.3) is 0 Å². The second-order valence-corrected chi connectivity index (χ2v) is 4.41. The Bertz CT molecular complexity index is 352. The van der Waals surface area contributed by atoms with Gasteiger partial charge in [-0.05, 0) is 24.1 Å². The van der Waals surface area contributed by atoms with Crippen LogP contribution in [0.2, 0.25) is 0 Å². The van der Waals surface area contributed by atoms with Crippen LogP contribution in [-0.4, -0.2) is 17.7 Å². The summed E-state index contributed by atoms with van der Waals surface area (Å²) in [7, 11) is 0. The van der Waals surface area contributed by atoms with E-state index in [1.807, 2.05) is 19.1 Å². The lowest BCUT2D eigenvalue weighted by Gasteiger charge is -2.10. The van der Waals surface area contributed by atoms with Gasteiger partial charge in [0.05, 0.1) is 19.1 Å². The SMILES string of the molecule is CCCOC(=O)CC(O)c1cccc(Br)c1. The first-order valence-corrected chi connectivity index (χ1v) is 6.02. The van der Waals surface area contributed by atoms with Crippen molar-refractivity contribution >= 4 is 21.9 Å². The number of halogens is 1. The molecule has 0 radical (unpaired) electrons. The third kappa shape index (κ3) is 4.33. The average Bonchev–Trinajstić information content (AvgIpc) is 2.26. The fraction of sp³-hybridized carbons (Fsp3) is 0.417. The minimum Gasteiger partial charge on any atom is -0.466 e. The monoisotopic (exact) mass is 286 g/mol. The molecule has 0 saturated carbocycles. The molecule has 0 heterocycles. The molecule has 1 aromatic carbocycles. The van der Waals surface area contributed by atoms with Gasteiger partial charge in [0.2, 0.25) is 0 Å². The van der Waals surface area contributed by atoms with Crippen LogP contribution in [0.15, 0.2) is 28.7 Å². The second-order valence-electron chi connectivity index (χ2n) is 3.50. The summed E-state index contributed by atoms with van der Waals surface area (Å²) >= 11 is 3.31. The van der Waals surface area contributed by atoms with E-state index in [1.54, 1.807) is 12.1 Å². The summed E-state index contributed by atoms with van der Waals surface area (Å²) in [6, 6.07) is 7.26. The van der Waals surface area contributed by atoms with Crippen molar-refractivity contribution in [1.82, 2.24) is 0 Å². The van der Waals surface area contributed by atoms with E-state index in [2.05, 4.69) is 15.9 Å². The first kappa shape index (κ1) is 13.2. The molecule has 88 valence electrons. The topological polar surface area (TPSA) is 46.5 Å². The fourth-order valence-corrected chi connectivity index (χ4v) is 1.68. The summed E-state index contributed by atoms with van der Waals surface area (Å²) in [5.74, 6) is -0.366. The van der Waals surface area contributed by atoms with Crippen molar-refractivity contribution in [3.63, 3.8) is 0 Å². The summed E-state index contributed by atoms with van der Waals surface area (Å²) in [4.78, 5) is 11.3. The van der Waals surface area contributed by atoms with Crippen LogP contribution in [0.4, 0.5) is 0 Å². The predicted octanol–water partition coefficient (Wildman–Crippen LogP) is 2.83. The molecular formula is C12H15BrO3. The lowest BCUT2D eigenvalue weighted by molar-refractivity contribution is -0.146. The van der Waals surface area contributed by atoms with Gasteiger partial charge in [-0.25, -0.2) is 0 Å². The Hall–Kier alpha value is -0.870. The summed E-state index contributed by atoms with van der Waals surface area (Å²) in [5, 5.41) is 9.79. The summed E-state index contributed by atoms with van der Waals surface area (Å²) in [6.45, 7) is 2.34. The third-order valence-electron chi connectivity index (χ3n) is 2.06. The quantitative estimate of drug-likeness (QED) is 0.847. The largest absolute Gasteiger partial charge is 0.466 e. The van der Waals surface area contributed by atoms with E-state index in [1.165, 1.54) is 0 Å². The molecular weight excluding hydrogens is 272 g/mol. The number of hydrogen-bond acceptors (Lipinski definition) is 3. The van der Waals surface area contributed by atoms with Crippen molar-refractivity contribution < 1.29 is 14.6 Å². The molecule has 0 spiro atoms. The number of rotatable bonds is 5. The molecule has 0 aromatic heterocycles. The van der Waals surface area contributed by atoms with Gasteiger partial charge in [-0.3, -0.25) is 4.79 Å². The molecule has 1 N–H and O–H groups in total. The van der Waals surface area contributed by atoms with E-state index in [-0.39, 0.29) is 12.4 Å². The fourth-order valence-electron chi connectivity index (χ4n) is 1.26. The Morgan fingerprint density at radius 1 is 1.56 bits per heavy atom. The molecule has 1 rings (SSSR count). The van der Waals surface area contributed by atoms with Gasteiger partial charge in [0.1, 0.15) is 0 Å². The lowest BCUT2D eigenvalue weighted by Crippen LogP contribution is -2.10. The highest BCUT2D eigenvalue weighted by Gasteiger charge is 2.13. The number of hydrogen-bond donors (Lipinski definition) is 1. The van der Waals surface area contributed by atoms with Gasteiger partial charge >= 0.3 is 5.97 Å². The van der Waals surface area contributed by atoms with Crippen molar-refractivity contribution in [2.45, 2.75) is 25.9 Å². The molecule has 0 aliphatic heterocycles. The molecule has 1 aromatic rings. The third-order valence-corrected chi connectivity index (χ3v) is 2.55. The minimum absolute atomic E-state index is 0.00352. The normalized spacial score (nSPS) is 12.2. The summed E-state index contributed by atoms with van der Waals surface area (Å²) in [6.07, 6.45) is -0.0170. The van der Waals surface area contributed by atoms with Gasteiger partial charge in [0.25, 0.3) is 0 Å². The number of carbonyl (C=O) groups is 1. The Kier molecular flexibility index (Phi) is 5.49. The van der Waals surface area contributed by atoms with E-state index >= 15 is 0 Å². The summed E-state index contributed by atoms with van der Waals surface area (Å²) in [5.41, 5.74) is 0.711. The van der Waals surface area contributed by atoms with Crippen LogP contribution >= 0.6 is 15.9 Å². The van der Waals surface area contributed by atoms with Crippen LogP contribution in [-0.2, 0) is 9.53 Å². The molecule has 0 aliphatic rings. The molecule has 0 saturated heterocycles. The highest BCUT2D eigenvalue weighted by atomic mass is 79.9. The van der Waals surface area contributed by atoms with Gasteiger partial charge in [-0.1, -0.05) is 35.0 Å². The standard InChI is InChI=1S/C12H15BrO3/c1-2-6-16-12(15)8-11(14)9-4-3-5-10(13)7-9/h3-5,7,11,14H,2,6,8H2,1H3. The highest BCUT2D eigenvalue weighted by Crippen LogP contribution is 2.20. The second kappa shape index (κ2) is 6.66. The first-order valence-electron chi connectivity index (χ1n) is 5.22. The minimum atomic E-state index is -0.804. The molecule has 0 fully saturated rings. The van der Waals surface area contributed by atoms with E-state index in [9.17, 15) is 9.90 Å². The molecule has 4 heteroatoms. The molecule has 0 bridgehead atoms. The maximum absolute atomic E-state index is 11.3. The molecule has 1 unspecified atom stereocenters. The van der Waals surface area contributed by atoms with E-state index in [0.717, 1.165) is 10.9 Å². The van der Waals surface area contributed by atoms with Gasteiger partial charge in [0.15, 0.2) is 0 Å². The van der Waals surface area contributed by atoms with Gasteiger partial charge in [0, 0.05) is 4.47 Å². The van der Waals surface area contributed by atoms with E-state index < -0.39 is 6.10 Å². The predicted molar refractivity (Wildman–Crippen MR) is 65.0 cm³/mol. The van der Waals surface area contributed by atoms with Crippen molar-refractivity contribution in [2.24, 2.45) is 0 Å². The Balaban J connectivity index is 2.52. The Morgan fingerprint density at radius 3 is 2.94 bits per heavy atom. The molecule has 0 aliphatic carbocycles. The van der Waals surface area contributed by atoms with Crippen molar-refractivity contribution in [2.75, 3.05) is 6.61 Å². The van der Waals surface area contributed by atoms with Crippen LogP contribution in [0.5, 0.6) is 0 Å². The summed E-state index contributed by atoms with van der Waals surface area (Å²) < 4.78 is 5.78. The van der Waals surface area contributed by atoms with Crippen molar-refractivity contribution in [3.05, 3.63) is 34.3 Å². The number of benzene rings is 1. The maximum atomic E-state index is 11.3. The van der Waals surface area contributed by atoms with Crippen LogP contribution < -0.4 is 0 Å².